The van der Waals surface area contributed by atoms with Gasteiger partial charge in [-0.2, -0.15) is 0 Å². The van der Waals surface area contributed by atoms with Crippen LogP contribution in [0, 0.1) is 0 Å². The Kier molecular flexibility index (Phi) is 7.66. The number of hydrogen-bond acceptors (Lipinski definition) is 6. The van der Waals surface area contributed by atoms with Crippen molar-refractivity contribution in [1.29, 1.82) is 0 Å². The van der Waals surface area contributed by atoms with E-state index in [-0.39, 0.29) is 24.1 Å². The largest absolute Gasteiger partial charge is 0.463 e. The van der Waals surface area contributed by atoms with Gasteiger partial charge >= 0.3 is 11.9 Å². The number of carbonyl (C=O) groups is 2. The molecule has 22 heavy (non-hydrogen) atoms. The van der Waals surface area contributed by atoms with Gasteiger partial charge in [0.2, 0.25) is 0 Å². The number of ether oxygens (including phenoxy) is 4. The molecule has 2 rings (SSSR count). The lowest BCUT2D eigenvalue weighted by atomic mass is 10.2. The molecule has 0 amide bonds. The Morgan fingerprint density at radius 2 is 1.27 bits per heavy atom. The van der Waals surface area contributed by atoms with Crippen molar-refractivity contribution in [2.45, 2.75) is 63.6 Å². The maximum atomic E-state index is 11.5. The number of unbranched alkanes of at least 4 members (excludes halogenated alkanes) is 1. The van der Waals surface area contributed by atoms with Crippen LogP contribution in [0.5, 0.6) is 0 Å². The molecule has 2 aliphatic heterocycles. The van der Waals surface area contributed by atoms with Crippen LogP contribution < -0.4 is 0 Å². The van der Waals surface area contributed by atoms with Gasteiger partial charge in [0, 0.05) is 26.1 Å². The normalized spacial score (nSPS) is 24.4. The molecule has 6 heteroatoms. The highest BCUT2D eigenvalue weighted by molar-refractivity contribution is 5.70. The molecule has 0 aromatic rings. The van der Waals surface area contributed by atoms with Crippen molar-refractivity contribution in [2.24, 2.45) is 0 Å². The summed E-state index contributed by atoms with van der Waals surface area (Å²) in [4.78, 5) is 23.1. The SMILES string of the molecule is O=C(CCCCC(=O)OC[C@@H]1CCCO1)OC[C@H]1CCCO1. The van der Waals surface area contributed by atoms with Crippen LogP contribution in [-0.4, -0.2) is 50.6 Å². The molecule has 0 spiro atoms. The molecule has 2 heterocycles. The molecule has 0 radical (unpaired) electrons. The summed E-state index contributed by atoms with van der Waals surface area (Å²) in [5, 5.41) is 0. The summed E-state index contributed by atoms with van der Waals surface area (Å²) < 4.78 is 21.1. The van der Waals surface area contributed by atoms with E-state index in [9.17, 15) is 9.59 Å². The smallest absolute Gasteiger partial charge is 0.305 e. The second-order valence-corrected chi connectivity index (χ2v) is 5.84. The summed E-state index contributed by atoms with van der Waals surface area (Å²) in [6.45, 7) is 2.22. The number of rotatable bonds is 9. The summed E-state index contributed by atoms with van der Waals surface area (Å²) in [5.74, 6) is -0.438. The second-order valence-electron chi connectivity index (χ2n) is 5.84. The van der Waals surface area contributed by atoms with Gasteiger partial charge in [-0.25, -0.2) is 0 Å². The van der Waals surface area contributed by atoms with E-state index >= 15 is 0 Å². The van der Waals surface area contributed by atoms with E-state index in [1.54, 1.807) is 0 Å². The Labute approximate surface area is 131 Å². The predicted molar refractivity (Wildman–Crippen MR) is 78.3 cm³/mol. The van der Waals surface area contributed by atoms with E-state index in [4.69, 9.17) is 18.9 Å². The number of carbonyl (C=O) groups excluding carboxylic acids is 2. The molecule has 126 valence electrons. The van der Waals surface area contributed by atoms with E-state index in [1.807, 2.05) is 0 Å². The first-order chi connectivity index (χ1) is 10.7. The van der Waals surface area contributed by atoms with Crippen molar-refractivity contribution in [3.8, 4) is 0 Å². The van der Waals surface area contributed by atoms with E-state index in [0.29, 0.717) is 38.9 Å². The zero-order chi connectivity index (χ0) is 15.6. The third-order valence-corrected chi connectivity index (χ3v) is 3.92. The molecule has 0 N–H and O–H groups in total. The average molecular weight is 314 g/mol. The van der Waals surface area contributed by atoms with Crippen molar-refractivity contribution >= 4 is 11.9 Å². The number of hydrogen-bond donors (Lipinski definition) is 0. The Morgan fingerprint density at radius 1 is 0.818 bits per heavy atom. The highest BCUT2D eigenvalue weighted by Gasteiger charge is 2.18. The summed E-state index contributed by atoms with van der Waals surface area (Å²) >= 11 is 0. The summed E-state index contributed by atoms with van der Waals surface area (Å²) in [5.41, 5.74) is 0. The van der Waals surface area contributed by atoms with Gasteiger partial charge in [-0.05, 0) is 38.5 Å². The topological polar surface area (TPSA) is 71.1 Å². The Hall–Kier alpha value is -1.14. The van der Waals surface area contributed by atoms with Gasteiger partial charge in [0.1, 0.15) is 13.2 Å². The lowest BCUT2D eigenvalue weighted by Crippen LogP contribution is -2.18. The van der Waals surface area contributed by atoms with Gasteiger partial charge in [-0.15, -0.1) is 0 Å². The fourth-order valence-corrected chi connectivity index (χ4v) is 2.61. The van der Waals surface area contributed by atoms with Crippen LogP contribution in [0.2, 0.25) is 0 Å². The van der Waals surface area contributed by atoms with Crippen LogP contribution in [0.25, 0.3) is 0 Å². The van der Waals surface area contributed by atoms with Gasteiger partial charge < -0.3 is 18.9 Å². The van der Waals surface area contributed by atoms with Gasteiger partial charge in [0.15, 0.2) is 0 Å². The lowest BCUT2D eigenvalue weighted by molar-refractivity contribution is -0.149. The maximum Gasteiger partial charge on any atom is 0.305 e. The Morgan fingerprint density at radius 3 is 1.64 bits per heavy atom. The highest BCUT2D eigenvalue weighted by atomic mass is 16.6. The zero-order valence-electron chi connectivity index (χ0n) is 13.1. The van der Waals surface area contributed by atoms with Gasteiger partial charge in [-0.3, -0.25) is 9.59 Å². The van der Waals surface area contributed by atoms with Gasteiger partial charge in [0.25, 0.3) is 0 Å². The molecule has 2 fully saturated rings. The van der Waals surface area contributed by atoms with Gasteiger partial charge in [0.05, 0.1) is 12.2 Å². The Bertz CT molecular complexity index is 311. The molecule has 2 saturated heterocycles. The van der Waals surface area contributed by atoms with Crippen LogP contribution in [0.3, 0.4) is 0 Å². The molecule has 0 aliphatic carbocycles. The fourth-order valence-electron chi connectivity index (χ4n) is 2.61. The quantitative estimate of drug-likeness (QED) is 0.479. The van der Waals surface area contributed by atoms with E-state index in [2.05, 4.69) is 0 Å². The van der Waals surface area contributed by atoms with Gasteiger partial charge in [-0.1, -0.05) is 0 Å². The van der Waals surface area contributed by atoms with Crippen molar-refractivity contribution in [1.82, 2.24) is 0 Å². The third-order valence-electron chi connectivity index (χ3n) is 3.92. The van der Waals surface area contributed by atoms with Crippen molar-refractivity contribution in [2.75, 3.05) is 26.4 Å². The third kappa shape index (κ3) is 6.75. The van der Waals surface area contributed by atoms with Crippen molar-refractivity contribution in [3.63, 3.8) is 0 Å². The molecular weight excluding hydrogens is 288 g/mol. The maximum absolute atomic E-state index is 11.5. The van der Waals surface area contributed by atoms with Crippen molar-refractivity contribution in [3.05, 3.63) is 0 Å². The monoisotopic (exact) mass is 314 g/mol. The molecular formula is C16H26O6. The Balaban J connectivity index is 1.42. The molecule has 6 nitrogen and oxygen atoms in total. The summed E-state index contributed by atoms with van der Waals surface area (Å²) in [6, 6.07) is 0. The van der Waals surface area contributed by atoms with E-state index in [1.165, 1.54) is 0 Å². The molecule has 2 aliphatic rings. The first-order valence-corrected chi connectivity index (χ1v) is 8.28. The summed E-state index contributed by atoms with van der Waals surface area (Å²) in [6.07, 6.45) is 6.09. The lowest BCUT2D eigenvalue weighted by Gasteiger charge is -2.11. The van der Waals surface area contributed by atoms with Crippen LogP contribution in [-0.2, 0) is 28.5 Å². The van der Waals surface area contributed by atoms with Crippen LogP contribution >= 0.6 is 0 Å². The minimum Gasteiger partial charge on any atom is -0.463 e. The minimum absolute atomic E-state index is 0.0664. The second kappa shape index (κ2) is 9.79. The fraction of sp³-hybridized carbons (Fsp3) is 0.875. The molecule has 0 saturated carbocycles. The molecule has 0 bridgehead atoms. The molecule has 2 atom stereocenters. The van der Waals surface area contributed by atoms with E-state index in [0.717, 1.165) is 38.9 Å². The molecule has 0 unspecified atom stereocenters. The molecule has 0 aromatic carbocycles. The highest BCUT2D eigenvalue weighted by Crippen LogP contribution is 2.14. The first-order valence-electron chi connectivity index (χ1n) is 8.28. The van der Waals surface area contributed by atoms with Crippen LogP contribution in [0.1, 0.15) is 51.4 Å². The average Bonchev–Trinajstić information content (AvgIpc) is 3.20. The van der Waals surface area contributed by atoms with Crippen LogP contribution in [0.15, 0.2) is 0 Å². The molecule has 0 aromatic heterocycles. The zero-order valence-corrected chi connectivity index (χ0v) is 13.1. The minimum atomic E-state index is -0.219. The van der Waals surface area contributed by atoms with Crippen molar-refractivity contribution < 1.29 is 28.5 Å². The first kappa shape index (κ1) is 17.2. The standard InChI is InChI=1S/C16H26O6/c17-15(21-11-13-5-3-9-19-13)7-1-2-8-16(18)22-12-14-6-4-10-20-14/h13-14H,1-12H2/t13-,14+. The predicted octanol–water partition coefficient (Wildman–Crippen LogP) is 1.99. The summed E-state index contributed by atoms with van der Waals surface area (Å²) in [7, 11) is 0. The van der Waals surface area contributed by atoms with Crippen LogP contribution in [0.4, 0.5) is 0 Å². The van der Waals surface area contributed by atoms with E-state index < -0.39 is 0 Å². The number of esters is 2.